The Kier molecular flexibility index (Phi) is 7.99. The summed E-state index contributed by atoms with van der Waals surface area (Å²) in [5, 5.41) is 14.8. The van der Waals surface area contributed by atoms with Crippen molar-refractivity contribution in [3.8, 4) is 0 Å². The molecule has 0 spiro atoms. The van der Waals surface area contributed by atoms with E-state index < -0.39 is 14.9 Å². The van der Waals surface area contributed by atoms with Gasteiger partial charge < -0.3 is 15.0 Å². The Morgan fingerprint density at radius 3 is 2.35 bits per heavy atom. The SMILES string of the molecule is CCN(CC)S(=O)(=O)c1ccc(Nc2ncnc(N3CCC(C(=O)OC)CC3)c2[N+](=O)[O-])cc1. The number of sulfonamides is 1. The van der Waals surface area contributed by atoms with Gasteiger partial charge in [0.25, 0.3) is 0 Å². The minimum absolute atomic E-state index is 0.00978. The highest BCUT2D eigenvalue weighted by molar-refractivity contribution is 7.89. The highest BCUT2D eigenvalue weighted by Crippen LogP contribution is 2.35. The number of rotatable bonds is 9. The smallest absolute Gasteiger partial charge is 0.353 e. The number of nitrogens with zero attached hydrogens (tertiary/aromatic N) is 5. The Labute approximate surface area is 198 Å². The number of piperidine rings is 1. The van der Waals surface area contributed by atoms with E-state index in [-0.39, 0.29) is 34.1 Å². The molecule has 0 amide bonds. The molecule has 0 unspecified atom stereocenters. The number of hydrogen-bond acceptors (Lipinski definition) is 10. The Morgan fingerprint density at radius 1 is 1.21 bits per heavy atom. The van der Waals surface area contributed by atoms with Gasteiger partial charge in [-0.05, 0) is 37.1 Å². The second-order valence-electron chi connectivity index (χ2n) is 7.67. The second kappa shape index (κ2) is 10.7. The first-order valence-corrected chi connectivity index (χ1v) is 12.4. The number of nitrogens with one attached hydrogen (secondary N) is 1. The maximum Gasteiger partial charge on any atom is 0.353 e. The molecule has 1 aliphatic rings. The fourth-order valence-corrected chi connectivity index (χ4v) is 5.37. The molecule has 1 aromatic heterocycles. The van der Waals surface area contributed by atoms with Gasteiger partial charge in [0.15, 0.2) is 0 Å². The van der Waals surface area contributed by atoms with Crippen molar-refractivity contribution in [2.75, 3.05) is 43.5 Å². The Morgan fingerprint density at radius 2 is 1.82 bits per heavy atom. The van der Waals surface area contributed by atoms with Crippen LogP contribution in [0.1, 0.15) is 26.7 Å². The van der Waals surface area contributed by atoms with Gasteiger partial charge in [-0.3, -0.25) is 14.9 Å². The second-order valence-corrected chi connectivity index (χ2v) is 9.61. The van der Waals surface area contributed by atoms with Gasteiger partial charge in [-0.1, -0.05) is 13.8 Å². The highest BCUT2D eigenvalue weighted by Gasteiger charge is 2.32. The fraction of sp³-hybridized carbons (Fsp3) is 0.476. The third kappa shape index (κ3) is 5.25. The lowest BCUT2D eigenvalue weighted by molar-refractivity contribution is -0.383. The average Bonchev–Trinajstić information content (AvgIpc) is 2.84. The van der Waals surface area contributed by atoms with Crippen molar-refractivity contribution in [1.82, 2.24) is 14.3 Å². The lowest BCUT2D eigenvalue weighted by atomic mass is 9.97. The van der Waals surface area contributed by atoms with Crippen LogP contribution in [0.15, 0.2) is 35.5 Å². The molecule has 184 valence electrons. The summed E-state index contributed by atoms with van der Waals surface area (Å²) in [5.74, 6) is -0.382. The number of carbonyl (C=O) groups excluding carboxylic acids is 1. The fourth-order valence-electron chi connectivity index (χ4n) is 3.91. The van der Waals surface area contributed by atoms with E-state index in [2.05, 4.69) is 15.3 Å². The maximum atomic E-state index is 12.7. The number of carbonyl (C=O) groups is 1. The largest absolute Gasteiger partial charge is 0.469 e. The molecule has 0 bridgehead atoms. The molecule has 0 atom stereocenters. The van der Waals surface area contributed by atoms with Crippen molar-refractivity contribution in [3.05, 3.63) is 40.7 Å². The lowest BCUT2D eigenvalue weighted by Gasteiger charge is -2.31. The van der Waals surface area contributed by atoms with E-state index in [0.29, 0.717) is 44.7 Å². The minimum atomic E-state index is -3.61. The van der Waals surface area contributed by atoms with Crippen LogP contribution in [0.3, 0.4) is 0 Å². The molecule has 1 fully saturated rings. The topological polar surface area (TPSA) is 148 Å². The normalized spacial score (nSPS) is 14.8. The van der Waals surface area contributed by atoms with Crippen LogP contribution in [0.5, 0.6) is 0 Å². The number of benzene rings is 1. The van der Waals surface area contributed by atoms with Gasteiger partial charge in [0.2, 0.25) is 21.7 Å². The number of hydrogen-bond donors (Lipinski definition) is 1. The van der Waals surface area contributed by atoms with Crippen molar-refractivity contribution in [2.45, 2.75) is 31.6 Å². The highest BCUT2D eigenvalue weighted by atomic mass is 32.2. The number of esters is 1. The molecule has 0 aliphatic carbocycles. The van der Waals surface area contributed by atoms with Gasteiger partial charge in [0.1, 0.15) is 6.33 Å². The molecule has 13 heteroatoms. The summed E-state index contributed by atoms with van der Waals surface area (Å²) in [4.78, 5) is 33.2. The standard InChI is InChI=1S/C21H28N6O6S/c1-4-26(5-2)34(31,32)17-8-6-16(7-9-17)24-19-18(27(29)30)20(23-14-22-19)25-12-10-15(11-13-25)21(28)33-3/h6-9,14-15H,4-5,10-13H2,1-3H3,(H,22,23,24). The summed E-state index contributed by atoms with van der Waals surface area (Å²) >= 11 is 0. The summed E-state index contributed by atoms with van der Waals surface area (Å²) in [6, 6.07) is 5.95. The zero-order valence-corrected chi connectivity index (χ0v) is 20.1. The maximum absolute atomic E-state index is 12.7. The van der Waals surface area contributed by atoms with E-state index in [9.17, 15) is 23.3 Å². The number of nitro groups is 1. The molecular formula is C21H28N6O6S. The molecule has 2 heterocycles. The zero-order valence-electron chi connectivity index (χ0n) is 19.3. The zero-order chi connectivity index (χ0) is 24.9. The molecule has 1 aromatic carbocycles. The Balaban J connectivity index is 1.83. The molecule has 34 heavy (non-hydrogen) atoms. The number of anilines is 3. The summed E-state index contributed by atoms with van der Waals surface area (Å²) in [6.07, 6.45) is 2.23. The Bertz CT molecular complexity index is 1130. The van der Waals surface area contributed by atoms with Crippen molar-refractivity contribution < 1.29 is 22.9 Å². The molecule has 0 saturated carbocycles. The molecule has 12 nitrogen and oxygen atoms in total. The van der Waals surface area contributed by atoms with Gasteiger partial charge >= 0.3 is 11.7 Å². The van der Waals surface area contributed by atoms with E-state index >= 15 is 0 Å². The van der Waals surface area contributed by atoms with Crippen molar-refractivity contribution in [2.24, 2.45) is 5.92 Å². The van der Waals surface area contributed by atoms with Crippen molar-refractivity contribution in [3.63, 3.8) is 0 Å². The third-order valence-electron chi connectivity index (χ3n) is 5.77. The number of methoxy groups -OCH3 is 1. The first-order valence-electron chi connectivity index (χ1n) is 10.9. The molecule has 1 N–H and O–H groups in total. The van der Waals surface area contributed by atoms with Crippen LogP contribution in [0.4, 0.5) is 23.0 Å². The number of ether oxygens (including phenoxy) is 1. The molecule has 1 aliphatic heterocycles. The van der Waals surface area contributed by atoms with Gasteiger partial charge in [-0.15, -0.1) is 0 Å². The van der Waals surface area contributed by atoms with Crippen LogP contribution in [0.2, 0.25) is 0 Å². The first kappa shape index (κ1) is 25.3. The van der Waals surface area contributed by atoms with Gasteiger partial charge in [-0.25, -0.2) is 18.4 Å². The summed E-state index contributed by atoms with van der Waals surface area (Å²) in [6.45, 7) is 5.06. The molecule has 0 radical (unpaired) electrons. The predicted molar refractivity (Wildman–Crippen MR) is 125 cm³/mol. The van der Waals surface area contributed by atoms with Crippen LogP contribution < -0.4 is 10.2 Å². The quantitative estimate of drug-likeness (QED) is 0.314. The lowest BCUT2D eigenvalue weighted by Crippen LogP contribution is -2.37. The van der Waals surface area contributed by atoms with E-state index in [4.69, 9.17) is 4.74 Å². The molecule has 1 saturated heterocycles. The predicted octanol–water partition coefficient (Wildman–Crippen LogP) is 2.55. The van der Waals surface area contributed by atoms with Crippen LogP contribution in [0, 0.1) is 16.0 Å². The van der Waals surface area contributed by atoms with Crippen LogP contribution in [-0.4, -0.2) is 66.9 Å². The summed E-state index contributed by atoms with van der Waals surface area (Å²) < 4.78 is 31.5. The average molecular weight is 493 g/mol. The number of aromatic nitrogens is 2. The van der Waals surface area contributed by atoms with E-state index in [1.165, 1.54) is 42.0 Å². The van der Waals surface area contributed by atoms with Crippen molar-refractivity contribution >= 4 is 39.0 Å². The summed E-state index contributed by atoms with van der Waals surface area (Å²) in [7, 11) is -2.27. The monoisotopic (exact) mass is 492 g/mol. The van der Waals surface area contributed by atoms with Gasteiger partial charge in [0, 0.05) is 31.9 Å². The van der Waals surface area contributed by atoms with Crippen molar-refractivity contribution in [1.29, 1.82) is 0 Å². The third-order valence-corrected chi connectivity index (χ3v) is 7.84. The minimum Gasteiger partial charge on any atom is -0.469 e. The van der Waals surface area contributed by atoms with Crippen LogP contribution in [-0.2, 0) is 19.6 Å². The van der Waals surface area contributed by atoms with E-state index in [1.807, 2.05) is 0 Å². The van der Waals surface area contributed by atoms with E-state index in [1.54, 1.807) is 18.7 Å². The molecule has 3 rings (SSSR count). The van der Waals surface area contributed by atoms with E-state index in [0.717, 1.165) is 0 Å². The van der Waals surface area contributed by atoms with Gasteiger partial charge in [0.05, 0.1) is 22.8 Å². The van der Waals surface area contributed by atoms with Gasteiger partial charge in [-0.2, -0.15) is 4.31 Å². The molecular weight excluding hydrogens is 464 g/mol. The Hall–Kier alpha value is -3.32. The van der Waals surface area contributed by atoms with Crippen LogP contribution >= 0.6 is 0 Å². The van der Waals surface area contributed by atoms with Crippen LogP contribution in [0.25, 0.3) is 0 Å². The first-order chi connectivity index (χ1) is 16.2. The summed E-state index contributed by atoms with van der Waals surface area (Å²) in [5.41, 5.74) is 0.148. The molecule has 2 aromatic rings.